The highest BCUT2D eigenvalue weighted by Gasteiger charge is 2.24. The molecular weight excluding hydrogens is 338 g/mol. The summed E-state index contributed by atoms with van der Waals surface area (Å²) in [5.41, 5.74) is 0.905. The molecule has 1 saturated heterocycles. The Balaban J connectivity index is 1.57. The van der Waals surface area contributed by atoms with Crippen LogP contribution >= 0.6 is 11.3 Å². The molecule has 0 aromatic carbocycles. The maximum Gasteiger partial charge on any atom is 0.228 e. The van der Waals surface area contributed by atoms with Gasteiger partial charge in [0.05, 0.1) is 23.7 Å². The van der Waals surface area contributed by atoms with Crippen molar-refractivity contribution in [2.24, 2.45) is 0 Å². The summed E-state index contributed by atoms with van der Waals surface area (Å²) in [6, 6.07) is 1.75. The smallest absolute Gasteiger partial charge is 0.228 e. The van der Waals surface area contributed by atoms with Gasteiger partial charge in [0.15, 0.2) is 0 Å². The minimum atomic E-state index is 0.136. The highest BCUT2D eigenvalue weighted by Crippen LogP contribution is 2.19. The summed E-state index contributed by atoms with van der Waals surface area (Å²) in [4.78, 5) is 30.9. The number of aromatic nitrogens is 3. The van der Waals surface area contributed by atoms with E-state index in [1.165, 1.54) is 0 Å². The lowest BCUT2D eigenvalue weighted by Crippen LogP contribution is -2.49. The highest BCUT2D eigenvalue weighted by atomic mass is 32.1. The molecule has 8 heteroatoms. The van der Waals surface area contributed by atoms with Crippen LogP contribution in [0.4, 0.5) is 5.95 Å². The molecule has 134 valence electrons. The number of nitrogens with zero attached hydrogens (tertiary/aromatic N) is 5. The molecule has 7 nitrogen and oxygen atoms in total. The Kier molecular flexibility index (Phi) is 5.47. The summed E-state index contributed by atoms with van der Waals surface area (Å²) in [5.74, 6) is 1.38. The van der Waals surface area contributed by atoms with Crippen molar-refractivity contribution in [3.8, 4) is 5.88 Å². The molecule has 1 aliphatic heterocycles. The molecule has 25 heavy (non-hydrogen) atoms. The minimum absolute atomic E-state index is 0.136. The van der Waals surface area contributed by atoms with Crippen LogP contribution in [0.25, 0.3) is 0 Å². The number of ether oxygens (including phenoxy) is 1. The van der Waals surface area contributed by atoms with Gasteiger partial charge in [-0.25, -0.2) is 9.97 Å². The van der Waals surface area contributed by atoms with Crippen LogP contribution in [0.15, 0.2) is 12.3 Å². The number of piperazine rings is 1. The molecule has 2 aromatic rings. The third kappa shape index (κ3) is 4.25. The number of carbonyl (C=O) groups excluding carboxylic acids is 1. The lowest BCUT2D eigenvalue weighted by molar-refractivity contribution is -0.130. The van der Waals surface area contributed by atoms with Crippen molar-refractivity contribution >= 4 is 23.2 Å². The van der Waals surface area contributed by atoms with E-state index in [-0.39, 0.29) is 5.91 Å². The zero-order valence-corrected chi connectivity index (χ0v) is 15.7. The van der Waals surface area contributed by atoms with Gasteiger partial charge >= 0.3 is 0 Å². The second kappa shape index (κ2) is 7.77. The molecule has 0 bridgehead atoms. The van der Waals surface area contributed by atoms with Gasteiger partial charge in [-0.1, -0.05) is 0 Å². The van der Waals surface area contributed by atoms with E-state index < -0.39 is 0 Å². The normalized spacial score (nSPS) is 14.7. The first-order valence-electron chi connectivity index (χ1n) is 8.48. The van der Waals surface area contributed by atoms with Gasteiger partial charge in [0.2, 0.25) is 17.7 Å². The summed E-state index contributed by atoms with van der Waals surface area (Å²) in [5, 5.41) is 1.01. The average Bonchev–Trinajstić information content (AvgIpc) is 2.93. The van der Waals surface area contributed by atoms with Gasteiger partial charge in [0.1, 0.15) is 0 Å². The maximum atomic E-state index is 12.5. The van der Waals surface area contributed by atoms with E-state index in [4.69, 9.17) is 4.74 Å². The number of anilines is 1. The number of hydrogen-bond donors (Lipinski definition) is 0. The molecule has 2 aromatic heterocycles. The van der Waals surface area contributed by atoms with Crippen LogP contribution in [0.5, 0.6) is 5.88 Å². The lowest BCUT2D eigenvalue weighted by Gasteiger charge is -2.34. The van der Waals surface area contributed by atoms with E-state index >= 15 is 0 Å². The zero-order chi connectivity index (χ0) is 17.8. The molecule has 0 unspecified atom stereocenters. The average molecular weight is 361 g/mol. The number of carbonyl (C=O) groups is 1. The summed E-state index contributed by atoms with van der Waals surface area (Å²) in [7, 11) is 0. The van der Waals surface area contributed by atoms with E-state index in [1.807, 2.05) is 25.7 Å². The fraction of sp³-hybridized carbons (Fsp3) is 0.529. The first-order valence-corrected chi connectivity index (χ1v) is 9.30. The Labute approximate surface area is 151 Å². The van der Waals surface area contributed by atoms with Crippen molar-refractivity contribution in [3.05, 3.63) is 27.8 Å². The third-order valence-electron chi connectivity index (χ3n) is 4.14. The fourth-order valence-corrected chi connectivity index (χ4v) is 3.69. The first-order chi connectivity index (χ1) is 12.1. The SMILES string of the molecule is CCOc1ccnc(N2CCN(C(=O)Cc3nc(C)sc3C)CC2)n1. The molecular formula is C17H23N5O2S. The largest absolute Gasteiger partial charge is 0.478 e. The monoisotopic (exact) mass is 361 g/mol. The maximum absolute atomic E-state index is 12.5. The topological polar surface area (TPSA) is 71.5 Å². The molecule has 0 spiro atoms. The number of amides is 1. The first kappa shape index (κ1) is 17.6. The van der Waals surface area contributed by atoms with Crippen molar-refractivity contribution in [3.63, 3.8) is 0 Å². The Morgan fingerprint density at radius 3 is 2.64 bits per heavy atom. The predicted molar refractivity (Wildman–Crippen MR) is 97.3 cm³/mol. The van der Waals surface area contributed by atoms with Crippen LogP contribution < -0.4 is 9.64 Å². The van der Waals surface area contributed by atoms with E-state index in [0.29, 0.717) is 37.9 Å². The molecule has 0 radical (unpaired) electrons. The predicted octanol–water partition coefficient (Wildman–Crippen LogP) is 1.84. The van der Waals surface area contributed by atoms with Crippen LogP contribution in [0.3, 0.4) is 0 Å². The zero-order valence-electron chi connectivity index (χ0n) is 14.9. The molecule has 0 aliphatic carbocycles. The second-order valence-electron chi connectivity index (χ2n) is 5.91. The molecule has 1 amide bonds. The Morgan fingerprint density at radius 2 is 2.00 bits per heavy atom. The van der Waals surface area contributed by atoms with Crippen LogP contribution in [-0.2, 0) is 11.2 Å². The van der Waals surface area contributed by atoms with Crippen molar-refractivity contribution in [1.82, 2.24) is 19.9 Å². The second-order valence-corrected chi connectivity index (χ2v) is 7.32. The van der Waals surface area contributed by atoms with Crippen LogP contribution in [-0.4, -0.2) is 58.5 Å². The van der Waals surface area contributed by atoms with E-state index in [0.717, 1.165) is 28.7 Å². The minimum Gasteiger partial charge on any atom is -0.478 e. The number of rotatable bonds is 5. The summed E-state index contributed by atoms with van der Waals surface area (Å²) < 4.78 is 5.43. The Hall–Kier alpha value is -2.22. The number of thiazole rings is 1. The van der Waals surface area contributed by atoms with Crippen molar-refractivity contribution in [2.45, 2.75) is 27.2 Å². The summed E-state index contributed by atoms with van der Waals surface area (Å²) >= 11 is 1.64. The number of hydrogen-bond acceptors (Lipinski definition) is 7. The van der Waals surface area contributed by atoms with Gasteiger partial charge in [0, 0.05) is 43.3 Å². The third-order valence-corrected chi connectivity index (χ3v) is 5.07. The molecule has 1 fully saturated rings. The lowest BCUT2D eigenvalue weighted by atomic mass is 10.2. The quantitative estimate of drug-likeness (QED) is 0.809. The molecule has 3 heterocycles. The van der Waals surface area contributed by atoms with Gasteiger partial charge in [-0.2, -0.15) is 4.98 Å². The van der Waals surface area contributed by atoms with Gasteiger partial charge in [-0.3, -0.25) is 4.79 Å². The van der Waals surface area contributed by atoms with Gasteiger partial charge < -0.3 is 14.5 Å². The molecule has 1 aliphatic rings. The van der Waals surface area contributed by atoms with Crippen molar-refractivity contribution in [2.75, 3.05) is 37.7 Å². The molecule has 3 rings (SSSR count). The highest BCUT2D eigenvalue weighted by molar-refractivity contribution is 7.11. The molecule has 0 atom stereocenters. The molecule has 0 saturated carbocycles. The molecule has 0 N–H and O–H groups in total. The van der Waals surface area contributed by atoms with E-state index in [2.05, 4.69) is 19.9 Å². The standard InChI is InChI=1S/C17H23N5O2S/c1-4-24-15-5-6-18-17(20-15)22-9-7-21(8-10-22)16(23)11-14-12(2)25-13(3)19-14/h5-6H,4,7-11H2,1-3H3. The Morgan fingerprint density at radius 1 is 1.24 bits per heavy atom. The van der Waals surface area contributed by atoms with Crippen molar-refractivity contribution < 1.29 is 9.53 Å². The van der Waals surface area contributed by atoms with E-state index in [9.17, 15) is 4.79 Å². The summed E-state index contributed by atoms with van der Waals surface area (Å²) in [6.45, 7) is 9.28. The number of aryl methyl sites for hydroxylation is 2. The van der Waals surface area contributed by atoms with Crippen molar-refractivity contribution in [1.29, 1.82) is 0 Å². The van der Waals surface area contributed by atoms with E-state index in [1.54, 1.807) is 23.6 Å². The van der Waals surface area contributed by atoms with Crippen LogP contribution in [0.2, 0.25) is 0 Å². The van der Waals surface area contributed by atoms with Crippen LogP contribution in [0.1, 0.15) is 22.5 Å². The van der Waals surface area contributed by atoms with Crippen LogP contribution in [0, 0.1) is 13.8 Å². The van der Waals surface area contributed by atoms with Gasteiger partial charge in [-0.15, -0.1) is 11.3 Å². The summed E-state index contributed by atoms with van der Waals surface area (Å²) in [6.07, 6.45) is 2.09. The fourth-order valence-electron chi connectivity index (χ4n) is 2.86. The van der Waals surface area contributed by atoms with Gasteiger partial charge in [0.25, 0.3) is 0 Å². The Bertz CT molecular complexity index is 740. The van der Waals surface area contributed by atoms with Gasteiger partial charge in [-0.05, 0) is 20.8 Å².